The Labute approximate surface area is 187 Å². The van der Waals surface area contributed by atoms with Crippen LogP contribution in [0.5, 0.6) is 0 Å². The summed E-state index contributed by atoms with van der Waals surface area (Å²) in [7, 11) is 0. The molecule has 0 atom stereocenters. The Morgan fingerprint density at radius 2 is 1.68 bits per heavy atom. The molecule has 0 bridgehead atoms. The van der Waals surface area contributed by atoms with Gasteiger partial charge in [0.2, 0.25) is 0 Å². The summed E-state index contributed by atoms with van der Waals surface area (Å²) in [5.74, 6) is -0.115. The maximum absolute atomic E-state index is 12.6. The summed E-state index contributed by atoms with van der Waals surface area (Å²) in [6.45, 7) is 1.64. The number of nitrogens with zero attached hydrogens (tertiary/aromatic N) is 1. The van der Waals surface area contributed by atoms with E-state index in [1.165, 1.54) is 5.56 Å². The van der Waals surface area contributed by atoms with Crippen LogP contribution in [0.25, 0.3) is 0 Å². The van der Waals surface area contributed by atoms with E-state index >= 15 is 0 Å². The molecule has 3 aromatic carbocycles. The van der Waals surface area contributed by atoms with Crippen molar-refractivity contribution in [1.82, 2.24) is 10.2 Å². The van der Waals surface area contributed by atoms with E-state index in [0.717, 1.165) is 24.0 Å². The van der Waals surface area contributed by atoms with Gasteiger partial charge in [0.05, 0.1) is 0 Å². The molecule has 0 saturated carbocycles. The van der Waals surface area contributed by atoms with Crippen molar-refractivity contribution in [2.24, 2.45) is 0 Å². The molecule has 158 valence electrons. The Hall–Kier alpha value is -3.31. The molecule has 0 unspecified atom stereocenters. The Balaban J connectivity index is 1.25. The second kappa shape index (κ2) is 9.67. The summed E-state index contributed by atoms with van der Waals surface area (Å²) in [5.41, 5.74) is 4.55. The van der Waals surface area contributed by atoms with Crippen molar-refractivity contribution in [3.05, 3.63) is 100 Å². The van der Waals surface area contributed by atoms with Gasteiger partial charge in [-0.15, -0.1) is 0 Å². The smallest absolute Gasteiger partial charge is 0.322 e. The quantitative estimate of drug-likeness (QED) is 0.521. The Bertz CT molecular complexity index is 1070. The molecule has 0 saturated heterocycles. The summed E-state index contributed by atoms with van der Waals surface area (Å²) in [4.78, 5) is 26.6. The number of nitrogens with one attached hydrogen (secondary N) is 2. The monoisotopic (exact) mass is 433 g/mol. The molecule has 0 fully saturated rings. The molecule has 1 aliphatic heterocycles. The fourth-order valence-electron chi connectivity index (χ4n) is 3.67. The molecule has 5 nitrogen and oxygen atoms in total. The van der Waals surface area contributed by atoms with Crippen LogP contribution < -0.4 is 10.6 Å². The number of hydrogen-bond acceptors (Lipinski definition) is 2. The number of carbonyl (C=O) groups excluding carboxylic acids is 2. The maximum Gasteiger partial charge on any atom is 0.322 e. The molecule has 4 rings (SSSR count). The van der Waals surface area contributed by atoms with Gasteiger partial charge in [-0.25, -0.2) is 4.79 Å². The van der Waals surface area contributed by atoms with Gasteiger partial charge in [-0.3, -0.25) is 4.79 Å². The van der Waals surface area contributed by atoms with Gasteiger partial charge in [-0.2, -0.15) is 0 Å². The van der Waals surface area contributed by atoms with Crippen LogP contribution in [0.4, 0.5) is 10.5 Å². The highest BCUT2D eigenvalue weighted by Gasteiger charge is 2.25. The van der Waals surface area contributed by atoms with Crippen LogP contribution in [0.3, 0.4) is 0 Å². The number of aryl methyl sites for hydroxylation is 1. The highest BCUT2D eigenvalue weighted by atomic mass is 35.5. The molecular weight excluding hydrogens is 410 g/mol. The number of carbonyl (C=O) groups is 2. The second-order valence-electron chi connectivity index (χ2n) is 7.59. The first-order chi connectivity index (χ1) is 15.1. The minimum Gasteiger partial charge on any atom is -0.352 e. The first kappa shape index (κ1) is 20.9. The van der Waals surface area contributed by atoms with Crippen LogP contribution in [-0.2, 0) is 19.5 Å². The zero-order valence-corrected chi connectivity index (χ0v) is 17.9. The fraction of sp³-hybridized carbons (Fsp3) is 0.200. The molecule has 0 aromatic heterocycles. The molecule has 0 aliphatic carbocycles. The molecule has 1 aliphatic rings. The topological polar surface area (TPSA) is 61.4 Å². The molecule has 1 heterocycles. The first-order valence-corrected chi connectivity index (χ1v) is 10.7. The van der Waals surface area contributed by atoms with Crippen LogP contribution in [0.2, 0.25) is 5.02 Å². The van der Waals surface area contributed by atoms with E-state index in [0.29, 0.717) is 35.9 Å². The minimum atomic E-state index is -0.189. The number of fused-ring (bicyclic) bond motifs is 1. The average molecular weight is 434 g/mol. The average Bonchev–Trinajstić information content (AvgIpc) is 3.24. The van der Waals surface area contributed by atoms with E-state index in [1.807, 2.05) is 36.4 Å². The van der Waals surface area contributed by atoms with Gasteiger partial charge >= 0.3 is 6.03 Å². The summed E-state index contributed by atoms with van der Waals surface area (Å²) in [6, 6.07) is 22.7. The van der Waals surface area contributed by atoms with Gasteiger partial charge in [0, 0.05) is 35.9 Å². The summed E-state index contributed by atoms with van der Waals surface area (Å²) in [5, 5.41) is 6.52. The molecule has 2 N–H and O–H groups in total. The predicted molar refractivity (Wildman–Crippen MR) is 123 cm³/mol. The van der Waals surface area contributed by atoms with Crippen LogP contribution in [0.15, 0.2) is 72.8 Å². The lowest BCUT2D eigenvalue weighted by Gasteiger charge is -2.16. The van der Waals surface area contributed by atoms with Crippen molar-refractivity contribution in [1.29, 1.82) is 0 Å². The van der Waals surface area contributed by atoms with Gasteiger partial charge < -0.3 is 15.5 Å². The van der Waals surface area contributed by atoms with Crippen LogP contribution >= 0.6 is 11.6 Å². The molecule has 0 radical (unpaired) electrons. The van der Waals surface area contributed by atoms with E-state index in [1.54, 1.807) is 29.2 Å². The van der Waals surface area contributed by atoms with Crippen molar-refractivity contribution in [3.8, 4) is 0 Å². The third kappa shape index (κ3) is 5.25. The van der Waals surface area contributed by atoms with Crippen molar-refractivity contribution in [2.75, 3.05) is 11.9 Å². The SMILES string of the molecule is O=C(NCCCc1ccccc1)c1ccc(NC(=O)N2Cc3cccc(Cl)c3C2)cc1. The lowest BCUT2D eigenvalue weighted by atomic mass is 10.1. The normalized spacial score (nSPS) is 12.4. The van der Waals surface area contributed by atoms with Gasteiger partial charge in [0.15, 0.2) is 0 Å². The highest BCUT2D eigenvalue weighted by Crippen LogP contribution is 2.29. The van der Waals surface area contributed by atoms with Crippen molar-refractivity contribution >= 4 is 29.2 Å². The van der Waals surface area contributed by atoms with Gasteiger partial charge in [-0.05, 0) is 59.9 Å². The largest absolute Gasteiger partial charge is 0.352 e. The highest BCUT2D eigenvalue weighted by molar-refractivity contribution is 6.31. The van der Waals surface area contributed by atoms with Crippen LogP contribution in [0, 0.1) is 0 Å². The van der Waals surface area contributed by atoms with E-state index in [2.05, 4.69) is 22.8 Å². The minimum absolute atomic E-state index is 0.115. The standard InChI is InChI=1S/C25H24ClN3O2/c26-23-10-4-9-20-16-29(17-22(20)23)25(31)28-21-13-11-19(12-14-21)24(30)27-15-5-8-18-6-2-1-3-7-18/h1-4,6-7,9-14H,5,8,15-17H2,(H,27,30)(H,28,31). The Morgan fingerprint density at radius 3 is 2.42 bits per heavy atom. The molecule has 6 heteroatoms. The van der Waals surface area contributed by atoms with Crippen LogP contribution in [0.1, 0.15) is 33.5 Å². The molecule has 0 spiro atoms. The van der Waals surface area contributed by atoms with E-state index < -0.39 is 0 Å². The zero-order valence-electron chi connectivity index (χ0n) is 17.1. The maximum atomic E-state index is 12.6. The van der Waals surface area contributed by atoms with Gasteiger partial charge in [-0.1, -0.05) is 54.1 Å². The molecule has 3 aromatic rings. The Kier molecular flexibility index (Phi) is 6.53. The van der Waals surface area contributed by atoms with Crippen molar-refractivity contribution in [3.63, 3.8) is 0 Å². The number of benzene rings is 3. The molecular formula is C25H24ClN3O2. The number of hydrogen-bond donors (Lipinski definition) is 2. The fourth-order valence-corrected chi connectivity index (χ4v) is 3.93. The van der Waals surface area contributed by atoms with Crippen molar-refractivity contribution < 1.29 is 9.59 Å². The van der Waals surface area contributed by atoms with Gasteiger partial charge in [0.1, 0.15) is 0 Å². The third-order valence-corrected chi connectivity index (χ3v) is 5.74. The number of urea groups is 1. The second-order valence-corrected chi connectivity index (χ2v) is 7.99. The summed E-state index contributed by atoms with van der Waals surface area (Å²) >= 11 is 6.23. The van der Waals surface area contributed by atoms with E-state index in [-0.39, 0.29) is 11.9 Å². The number of rotatable bonds is 6. The van der Waals surface area contributed by atoms with Crippen LogP contribution in [-0.4, -0.2) is 23.4 Å². The first-order valence-electron chi connectivity index (χ1n) is 10.3. The summed E-state index contributed by atoms with van der Waals surface area (Å²) < 4.78 is 0. The summed E-state index contributed by atoms with van der Waals surface area (Å²) in [6.07, 6.45) is 1.81. The van der Waals surface area contributed by atoms with E-state index in [9.17, 15) is 9.59 Å². The zero-order chi connectivity index (χ0) is 21.6. The molecule has 31 heavy (non-hydrogen) atoms. The lowest BCUT2D eigenvalue weighted by Crippen LogP contribution is -2.30. The van der Waals surface area contributed by atoms with Gasteiger partial charge in [0.25, 0.3) is 5.91 Å². The number of halogens is 1. The lowest BCUT2D eigenvalue weighted by molar-refractivity contribution is 0.0953. The number of anilines is 1. The number of amides is 3. The van der Waals surface area contributed by atoms with Crippen molar-refractivity contribution in [2.45, 2.75) is 25.9 Å². The predicted octanol–water partition coefficient (Wildman–Crippen LogP) is 5.25. The van der Waals surface area contributed by atoms with E-state index in [4.69, 9.17) is 11.6 Å². The Morgan fingerprint density at radius 1 is 0.903 bits per heavy atom. The third-order valence-electron chi connectivity index (χ3n) is 5.38. The molecule has 3 amide bonds.